The van der Waals surface area contributed by atoms with E-state index in [2.05, 4.69) is 6.92 Å². The Morgan fingerprint density at radius 1 is 0.864 bits per heavy atom. The van der Waals surface area contributed by atoms with Crippen LogP contribution < -0.4 is 0 Å². The van der Waals surface area contributed by atoms with Crippen molar-refractivity contribution in [3.63, 3.8) is 0 Å². The molecule has 0 spiro atoms. The number of likely N-dealkylation sites (N-methyl/N-ethyl adjacent to an activating group) is 1. The number of carbonyl (C=O) groups excluding carboxylic acids is 1. The molecule has 130 valence electrons. The van der Waals surface area contributed by atoms with Gasteiger partial charge in [-0.1, -0.05) is 77.6 Å². The lowest BCUT2D eigenvalue weighted by Crippen LogP contribution is -2.36. The van der Waals surface area contributed by atoms with E-state index in [0.29, 0.717) is 6.61 Å². The van der Waals surface area contributed by atoms with Crippen molar-refractivity contribution in [2.75, 3.05) is 20.7 Å². The summed E-state index contributed by atoms with van der Waals surface area (Å²) in [6, 6.07) is 0. The molecule has 1 rings (SSSR count). The van der Waals surface area contributed by atoms with Crippen molar-refractivity contribution in [1.29, 1.82) is 0 Å². The van der Waals surface area contributed by atoms with Gasteiger partial charge in [0.1, 0.15) is 0 Å². The average Bonchev–Trinajstić information content (AvgIpc) is 3.28. The molecule has 0 radical (unpaired) electrons. The van der Waals surface area contributed by atoms with E-state index in [1.54, 1.807) is 4.90 Å². The molecule has 0 saturated carbocycles. The zero-order chi connectivity index (χ0) is 16.3. The van der Waals surface area contributed by atoms with Gasteiger partial charge in [-0.05, 0) is 12.8 Å². The molecule has 0 aromatic rings. The van der Waals surface area contributed by atoms with Crippen molar-refractivity contribution >= 4 is 5.91 Å². The highest BCUT2D eigenvalue weighted by molar-refractivity contribution is 5.87. The van der Waals surface area contributed by atoms with Crippen molar-refractivity contribution < 1.29 is 9.53 Å². The van der Waals surface area contributed by atoms with Crippen LogP contribution in [0.15, 0.2) is 0 Å². The van der Waals surface area contributed by atoms with E-state index in [9.17, 15) is 4.79 Å². The van der Waals surface area contributed by atoms with Gasteiger partial charge < -0.3 is 9.64 Å². The third-order valence-electron chi connectivity index (χ3n) is 4.72. The molecule has 1 atom stereocenters. The van der Waals surface area contributed by atoms with Crippen molar-refractivity contribution in [2.45, 2.75) is 96.0 Å². The van der Waals surface area contributed by atoms with Crippen molar-refractivity contribution in [1.82, 2.24) is 4.90 Å². The molecule has 0 aromatic carbocycles. The normalized spacial score (nSPS) is 20.1. The molecular weight excluding hydrogens is 274 g/mol. The molecule has 3 heteroatoms. The van der Waals surface area contributed by atoms with Gasteiger partial charge in [0.25, 0.3) is 5.91 Å². The van der Waals surface area contributed by atoms with Crippen LogP contribution in [0.4, 0.5) is 0 Å². The molecule has 1 aliphatic heterocycles. The van der Waals surface area contributed by atoms with Crippen molar-refractivity contribution in [2.24, 2.45) is 0 Å². The number of hydrogen-bond donors (Lipinski definition) is 0. The lowest BCUT2D eigenvalue weighted by atomic mass is 9.99. The summed E-state index contributed by atoms with van der Waals surface area (Å²) in [7, 11) is 3.63. The first kappa shape index (κ1) is 19.5. The van der Waals surface area contributed by atoms with E-state index in [4.69, 9.17) is 4.74 Å². The molecule has 0 aromatic heterocycles. The van der Waals surface area contributed by atoms with E-state index in [1.165, 1.54) is 70.6 Å². The van der Waals surface area contributed by atoms with Gasteiger partial charge in [0, 0.05) is 14.1 Å². The van der Waals surface area contributed by atoms with Crippen LogP contribution in [0.5, 0.6) is 0 Å². The van der Waals surface area contributed by atoms with Crippen LogP contribution in [0.3, 0.4) is 0 Å². The largest absolute Gasteiger partial charge is 0.359 e. The first-order valence-corrected chi connectivity index (χ1v) is 9.48. The maximum atomic E-state index is 12.0. The molecule has 0 aliphatic carbocycles. The molecular formula is C19H37NO2. The highest BCUT2D eigenvalue weighted by Crippen LogP contribution is 2.34. The van der Waals surface area contributed by atoms with E-state index in [0.717, 1.165) is 12.8 Å². The smallest absolute Gasteiger partial charge is 0.256 e. The number of rotatable bonds is 14. The van der Waals surface area contributed by atoms with Crippen LogP contribution >= 0.6 is 0 Å². The maximum Gasteiger partial charge on any atom is 0.256 e. The quantitative estimate of drug-likeness (QED) is 0.336. The number of ether oxygens (including phenoxy) is 1. The van der Waals surface area contributed by atoms with Crippen LogP contribution in [0.25, 0.3) is 0 Å². The molecule has 1 heterocycles. The molecule has 0 bridgehead atoms. The summed E-state index contributed by atoms with van der Waals surface area (Å²) < 4.78 is 5.43. The molecule has 1 amide bonds. The van der Waals surface area contributed by atoms with Gasteiger partial charge in [0.15, 0.2) is 5.60 Å². The van der Waals surface area contributed by atoms with Gasteiger partial charge in [-0.15, -0.1) is 0 Å². The molecule has 1 fully saturated rings. The van der Waals surface area contributed by atoms with E-state index < -0.39 is 5.60 Å². The Hall–Kier alpha value is -0.570. The van der Waals surface area contributed by atoms with Gasteiger partial charge in [0.2, 0.25) is 0 Å². The van der Waals surface area contributed by atoms with Gasteiger partial charge in [-0.2, -0.15) is 0 Å². The first-order chi connectivity index (χ1) is 10.6. The minimum atomic E-state index is -0.442. The number of amides is 1. The number of hydrogen-bond acceptors (Lipinski definition) is 2. The van der Waals surface area contributed by atoms with Crippen LogP contribution in [0.2, 0.25) is 0 Å². The standard InChI is InChI=1S/C19H37NO2/c1-4-5-6-7-8-9-10-11-12-13-14-15-16-19(17-22-19)18(21)20(2)3/h4-17H2,1-3H3. The SMILES string of the molecule is CCCCCCCCCCCCCCC1(C(=O)N(C)C)CO1. The van der Waals surface area contributed by atoms with E-state index in [-0.39, 0.29) is 5.91 Å². The number of nitrogens with zero attached hydrogens (tertiary/aromatic N) is 1. The van der Waals surface area contributed by atoms with Crippen LogP contribution in [-0.4, -0.2) is 37.1 Å². The molecule has 0 N–H and O–H groups in total. The Morgan fingerprint density at radius 2 is 1.27 bits per heavy atom. The summed E-state index contributed by atoms with van der Waals surface area (Å²) in [5, 5.41) is 0. The minimum absolute atomic E-state index is 0.149. The predicted octanol–water partition coefficient (Wildman–Crippen LogP) is 4.93. The third kappa shape index (κ3) is 7.62. The summed E-state index contributed by atoms with van der Waals surface area (Å²) in [5.74, 6) is 0.149. The minimum Gasteiger partial charge on any atom is -0.359 e. The highest BCUT2D eigenvalue weighted by atomic mass is 16.6. The van der Waals surface area contributed by atoms with Crippen LogP contribution in [0.1, 0.15) is 90.4 Å². The second-order valence-electron chi connectivity index (χ2n) is 7.12. The fraction of sp³-hybridized carbons (Fsp3) is 0.947. The first-order valence-electron chi connectivity index (χ1n) is 9.48. The highest BCUT2D eigenvalue weighted by Gasteiger charge is 2.52. The zero-order valence-electron chi connectivity index (χ0n) is 15.2. The summed E-state index contributed by atoms with van der Waals surface area (Å²) >= 11 is 0. The Labute approximate surface area is 137 Å². The second kappa shape index (κ2) is 11.0. The van der Waals surface area contributed by atoms with E-state index >= 15 is 0 Å². The Bertz CT molecular complexity index is 298. The number of unbranched alkanes of at least 4 members (excludes halogenated alkanes) is 11. The lowest BCUT2D eigenvalue weighted by Gasteiger charge is -2.16. The fourth-order valence-electron chi connectivity index (χ4n) is 3.12. The molecule has 1 saturated heterocycles. The zero-order valence-corrected chi connectivity index (χ0v) is 15.2. The average molecular weight is 312 g/mol. The second-order valence-corrected chi connectivity index (χ2v) is 7.12. The third-order valence-corrected chi connectivity index (χ3v) is 4.72. The topological polar surface area (TPSA) is 32.8 Å². The van der Waals surface area contributed by atoms with Crippen LogP contribution in [0, 0.1) is 0 Å². The monoisotopic (exact) mass is 311 g/mol. The van der Waals surface area contributed by atoms with Gasteiger partial charge >= 0.3 is 0 Å². The number of carbonyl (C=O) groups is 1. The fourth-order valence-corrected chi connectivity index (χ4v) is 3.12. The summed E-state index contributed by atoms with van der Waals surface area (Å²) in [6.07, 6.45) is 17.1. The van der Waals surface area contributed by atoms with Gasteiger partial charge in [-0.3, -0.25) is 4.79 Å². The van der Waals surface area contributed by atoms with Gasteiger partial charge in [0.05, 0.1) is 6.61 Å². The molecule has 22 heavy (non-hydrogen) atoms. The summed E-state index contributed by atoms with van der Waals surface area (Å²) in [5.41, 5.74) is -0.442. The Balaban J connectivity index is 1.85. The van der Waals surface area contributed by atoms with E-state index in [1.807, 2.05) is 14.1 Å². The van der Waals surface area contributed by atoms with Crippen molar-refractivity contribution in [3.8, 4) is 0 Å². The lowest BCUT2D eigenvalue weighted by molar-refractivity contribution is -0.134. The summed E-state index contributed by atoms with van der Waals surface area (Å²) in [4.78, 5) is 13.6. The maximum absolute atomic E-state index is 12.0. The van der Waals surface area contributed by atoms with Crippen LogP contribution in [-0.2, 0) is 9.53 Å². The Morgan fingerprint density at radius 3 is 1.64 bits per heavy atom. The molecule has 3 nitrogen and oxygen atoms in total. The predicted molar refractivity (Wildman–Crippen MR) is 93.1 cm³/mol. The molecule has 1 aliphatic rings. The number of epoxide rings is 1. The summed E-state index contributed by atoms with van der Waals surface area (Å²) in [6.45, 7) is 2.90. The van der Waals surface area contributed by atoms with Gasteiger partial charge in [-0.25, -0.2) is 0 Å². The molecule has 1 unspecified atom stereocenters. The Kier molecular flexibility index (Phi) is 9.77. The van der Waals surface area contributed by atoms with Crippen molar-refractivity contribution in [3.05, 3.63) is 0 Å².